The third kappa shape index (κ3) is 4.92. The number of hydrogen-bond donors (Lipinski definition) is 1. The van der Waals surface area contributed by atoms with Crippen molar-refractivity contribution in [2.24, 2.45) is 0 Å². The van der Waals surface area contributed by atoms with Gasteiger partial charge in [-0.1, -0.05) is 23.7 Å². The number of oxazole rings is 1. The zero-order chi connectivity index (χ0) is 23.6. The normalized spacial score (nSPS) is 11.2. The van der Waals surface area contributed by atoms with Gasteiger partial charge in [0.15, 0.2) is 9.84 Å². The van der Waals surface area contributed by atoms with E-state index >= 15 is 0 Å². The Balaban J connectivity index is 1.73. The van der Waals surface area contributed by atoms with Gasteiger partial charge in [0.2, 0.25) is 5.89 Å². The molecular formula is C24H19ClN2O5S. The lowest BCUT2D eigenvalue weighted by Crippen LogP contribution is -2.14. The van der Waals surface area contributed by atoms with Crippen molar-refractivity contribution in [1.29, 1.82) is 0 Å². The average Bonchev–Trinajstić information content (AvgIpc) is 3.34. The highest BCUT2D eigenvalue weighted by Gasteiger charge is 2.18. The molecule has 0 radical (unpaired) electrons. The summed E-state index contributed by atoms with van der Waals surface area (Å²) < 4.78 is 34.7. The lowest BCUT2D eigenvalue weighted by atomic mass is 9.99. The molecule has 4 aromatic rings. The molecule has 7 nitrogen and oxygen atoms in total. The molecule has 3 aromatic carbocycles. The molecule has 0 saturated carbocycles. The number of hydrogen-bond acceptors (Lipinski definition) is 6. The van der Waals surface area contributed by atoms with Crippen LogP contribution in [0.3, 0.4) is 0 Å². The number of nitrogens with one attached hydrogen (secondary N) is 1. The number of sulfone groups is 1. The lowest BCUT2D eigenvalue weighted by Gasteiger charge is -2.13. The minimum absolute atomic E-state index is 0.113. The number of anilines is 1. The quantitative estimate of drug-likeness (QED) is 0.399. The molecule has 4 rings (SSSR count). The monoisotopic (exact) mass is 482 g/mol. The molecule has 1 amide bonds. The fourth-order valence-corrected chi connectivity index (χ4v) is 4.13. The second-order valence-corrected chi connectivity index (χ2v) is 9.62. The van der Waals surface area contributed by atoms with Crippen LogP contribution in [0.2, 0.25) is 5.02 Å². The summed E-state index contributed by atoms with van der Waals surface area (Å²) in [5.74, 6) is 0.554. The van der Waals surface area contributed by atoms with Crippen molar-refractivity contribution in [3.05, 3.63) is 83.7 Å². The fraction of sp³-hybridized carbons (Fsp3) is 0.0833. The molecule has 33 heavy (non-hydrogen) atoms. The summed E-state index contributed by atoms with van der Waals surface area (Å²) in [5, 5.41) is 3.26. The van der Waals surface area contributed by atoms with Crippen LogP contribution in [-0.2, 0) is 9.84 Å². The summed E-state index contributed by atoms with van der Waals surface area (Å²) in [7, 11) is -1.92. The van der Waals surface area contributed by atoms with Gasteiger partial charge in [-0.2, -0.15) is 0 Å². The summed E-state index contributed by atoms with van der Waals surface area (Å²) in [6, 6.07) is 16.4. The molecular weight excluding hydrogens is 464 g/mol. The Labute approximate surface area is 195 Å². The van der Waals surface area contributed by atoms with Crippen molar-refractivity contribution in [3.63, 3.8) is 0 Å². The second kappa shape index (κ2) is 9.09. The van der Waals surface area contributed by atoms with E-state index in [1.807, 2.05) is 0 Å². The van der Waals surface area contributed by atoms with Crippen LogP contribution in [0.15, 0.2) is 82.4 Å². The summed E-state index contributed by atoms with van der Waals surface area (Å²) >= 11 is 6.25. The highest BCUT2D eigenvalue weighted by molar-refractivity contribution is 7.90. The minimum Gasteiger partial charge on any atom is -0.497 e. The maximum Gasteiger partial charge on any atom is 0.256 e. The molecule has 0 spiro atoms. The predicted molar refractivity (Wildman–Crippen MR) is 126 cm³/mol. The smallest absolute Gasteiger partial charge is 0.256 e. The minimum atomic E-state index is -3.47. The molecule has 0 fully saturated rings. The number of amides is 1. The molecule has 1 heterocycles. The number of benzene rings is 3. The highest BCUT2D eigenvalue weighted by atomic mass is 35.5. The molecule has 1 N–H and O–H groups in total. The Hall–Kier alpha value is -3.62. The first-order valence-electron chi connectivity index (χ1n) is 9.75. The molecule has 0 unspecified atom stereocenters. The van der Waals surface area contributed by atoms with E-state index in [0.29, 0.717) is 44.6 Å². The average molecular weight is 483 g/mol. The van der Waals surface area contributed by atoms with E-state index in [4.69, 9.17) is 20.8 Å². The first kappa shape index (κ1) is 22.6. The van der Waals surface area contributed by atoms with Crippen LogP contribution in [0.25, 0.3) is 22.6 Å². The van der Waals surface area contributed by atoms with E-state index in [-0.39, 0.29) is 4.90 Å². The van der Waals surface area contributed by atoms with Crippen molar-refractivity contribution in [2.45, 2.75) is 4.90 Å². The van der Waals surface area contributed by atoms with E-state index in [1.54, 1.807) is 49.6 Å². The third-order valence-corrected chi connectivity index (χ3v) is 6.39. The molecule has 0 atom stereocenters. The third-order valence-electron chi connectivity index (χ3n) is 4.95. The maximum absolute atomic E-state index is 13.2. The van der Waals surface area contributed by atoms with Crippen LogP contribution in [-0.4, -0.2) is 32.7 Å². The van der Waals surface area contributed by atoms with Gasteiger partial charge in [-0.3, -0.25) is 4.79 Å². The van der Waals surface area contributed by atoms with Gasteiger partial charge in [0.1, 0.15) is 12.0 Å². The van der Waals surface area contributed by atoms with Crippen molar-refractivity contribution in [1.82, 2.24) is 4.98 Å². The Morgan fingerprint density at radius 1 is 1.03 bits per heavy atom. The van der Waals surface area contributed by atoms with E-state index in [9.17, 15) is 13.2 Å². The van der Waals surface area contributed by atoms with Crippen LogP contribution < -0.4 is 10.1 Å². The van der Waals surface area contributed by atoms with E-state index < -0.39 is 15.7 Å². The maximum atomic E-state index is 13.2. The van der Waals surface area contributed by atoms with Gasteiger partial charge in [0, 0.05) is 17.5 Å². The number of halogens is 1. The molecule has 0 aliphatic heterocycles. The summed E-state index contributed by atoms with van der Waals surface area (Å²) in [4.78, 5) is 17.4. The van der Waals surface area contributed by atoms with Gasteiger partial charge in [-0.25, -0.2) is 13.4 Å². The molecule has 0 saturated heterocycles. The van der Waals surface area contributed by atoms with Crippen molar-refractivity contribution >= 4 is 33.0 Å². The van der Waals surface area contributed by atoms with Gasteiger partial charge < -0.3 is 14.5 Å². The largest absolute Gasteiger partial charge is 0.497 e. The number of aromatic nitrogens is 1. The van der Waals surface area contributed by atoms with Gasteiger partial charge in [0.05, 0.1) is 28.8 Å². The standard InChI is InChI=1S/C24H19ClN2O5S/c1-31-17-6-3-15(4-7-17)20-14-18(33(2,29)30)8-9-19(20)23(28)27-16-5-10-22(25)21(13-16)24-26-11-12-32-24/h3-14H,1-2H3,(H,27,28). The number of carbonyl (C=O) groups is 1. The zero-order valence-electron chi connectivity index (χ0n) is 17.7. The predicted octanol–water partition coefficient (Wildman–Crippen LogP) is 5.33. The zero-order valence-corrected chi connectivity index (χ0v) is 19.3. The fourth-order valence-electron chi connectivity index (χ4n) is 3.28. The van der Waals surface area contributed by atoms with Gasteiger partial charge in [-0.15, -0.1) is 0 Å². The van der Waals surface area contributed by atoms with Gasteiger partial charge in [-0.05, 0) is 59.7 Å². The Kier molecular flexibility index (Phi) is 6.22. The summed E-state index contributed by atoms with van der Waals surface area (Å²) in [6.45, 7) is 0. The molecule has 168 valence electrons. The number of rotatable bonds is 6. The van der Waals surface area contributed by atoms with Gasteiger partial charge >= 0.3 is 0 Å². The molecule has 9 heteroatoms. The van der Waals surface area contributed by atoms with Crippen LogP contribution in [0.5, 0.6) is 5.75 Å². The van der Waals surface area contributed by atoms with Crippen molar-refractivity contribution < 1.29 is 22.4 Å². The first-order valence-corrected chi connectivity index (χ1v) is 12.0. The van der Waals surface area contributed by atoms with Crippen LogP contribution in [0.1, 0.15) is 10.4 Å². The van der Waals surface area contributed by atoms with Crippen LogP contribution >= 0.6 is 11.6 Å². The van der Waals surface area contributed by atoms with Gasteiger partial charge in [0.25, 0.3) is 5.91 Å². The number of nitrogens with zero attached hydrogens (tertiary/aromatic N) is 1. The van der Waals surface area contributed by atoms with E-state index in [1.165, 1.54) is 30.7 Å². The van der Waals surface area contributed by atoms with Crippen LogP contribution in [0.4, 0.5) is 5.69 Å². The lowest BCUT2D eigenvalue weighted by molar-refractivity contribution is 0.102. The molecule has 1 aromatic heterocycles. The van der Waals surface area contributed by atoms with E-state index in [0.717, 1.165) is 6.26 Å². The molecule has 0 aliphatic carbocycles. The second-order valence-electron chi connectivity index (χ2n) is 7.19. The SMILES string of the molecule is COc1ccc(-c2cc(S(C)(=O)=O)ccc2C(=O)Nc2ccc(Cl)c(-c3ncco3)c2)cc1. The Morgan fingerprint density at radius 2 is 1.79 bits per heavy atom. The summed E-state index contributed by atoms with van der Waals surface area (Å²) in [5.41, 5.74) is 2.45. The number of ether oxygens (including phenoxy) is 1. The topological polar surface area (TPSA) is 98.5 Å². The number of carbonyl (C=O) groups excluding carboxylic acids is 1. The number of methoxy groups -OCH3 is 1. The van der Waals surface area contributed by atoms with Crippen molar-refractivity contribution in [2.75, 3.05) is 18.7 Å². The van der Waals surface area contributed by atoms with Crippen molar-refractivity contribution in [3.8, 4) is 28.3 Å². The Morgan fingerprint density at radius 3 is 2.42 bits per heavy atom. The first-order chi connectivity index (χ1) is 15.8. The molecule has 0 bridgehead atoms. The van der Waals surface area contributed by atoms with E-state index in [2.05, 4.69) is 10.3 Å². The Bertz CT molecular complexity index is 1420. The molecule has 0 aliphatic rings. The highest BCUT2D eigenvalue weighted by Crippen LogP contribution is 2.32. The van der Waals surface area contributed by atoms with Crippen LogP contribution in [0, 0.1) is 0 Å². The summed E-state index contributed by atoms with van der Waals surface area (Å²) in [6.07, 6.45) is 4.06.